The molecule has 1 aromatic heterocycles. The minimum absolute atomic E-state index is 0.0706. The fourth-order valence-electron chi connectivity index (χ4n) is 3.36. The number of H-pyrrole nitrogens is 1. The van der Waals surface area contributed by atoms with Crippen LogP contribution >= 0.6 is 0 Å². The summed E-state index contributed by atoms with van der Waals surface area (Å²) in [4.78, 5) is 31.5. The van der Waals surface area contributed by atoms with Crippen molar-refractivity contribution in [1.82, 2.24) is 15.3 Å². The first-order valence-corrected chi connectivity index (χ1v) is 9.06. The number of rotatable bonds is 6. The molecule has 0 spiro atoms. The standard InChI is InChI=1S/C21H20FN3O2/c22-15-7-5-14(6-8-15)21(11-12-21)13-23-19(26)10-9-18-24-17-4-2-1-3-16(17)20(27)25-18/h1-8H,9-13H2,(H,23,26)(H,24,25,27). The second-order valence-electron chi connectivity index (χ2n) is 7.09. The van der Waals surface area contributed by atoms with Crippen molar-refractivity contribution < 1.29 is 9.18 Å². The maximum absolute atomic E-state index is 13.1. The molecule has 6 heteroatoms. The van der Waals surface area contributed by atoms with Crippen LogP contribution in [0.15, 0.2) is 53.3 Å². The van der Waals surface area contributed by atoms with Gasteiger partial charge in [-0.3, -0.25) is 9.59 Å². The molecule has 1 amide bonds. The molecule has 4 rings (SSSR count). The number of amides is 1. The van der Waals surface area contributed by atoms with E-state index in [1.165, 1.54) is 12.1 Å². The fourth-order valence-corrected chi connectivity index (χ4v) is 3.36. The van der Waals surface area contributed by atoms with E-state index in [0.717, 1.165) is 18.4 Å². The van der Waals surface area contributed by atoms with Crippen LogP contribution in [0, 0.1) is 5.82 Å². The number of hydrogen-bond acceptors (Lipinski definition) is 3. The maximum Gasteiger partial charge on any atom is 0.258 e. The van der Waals surface area contributed by atoms with Crippen molar-refractivity contribution in [3.05, 3.63) is 76.1 Å². The highest BCUT2D eigenvalue weighted by molar-refractivity contribution is 5.78. The Morgan fingerprint density at radius 1 is 1.15 bits per heavy atom. The molecule has 27 heavy (non-hydrogen) atoms. The Bertz CT molecular complexity index is 1040. The molecular formula is C21H20FN3O2. The number of hydrogen-bond donors (Lipinski definition) is 2. The van der Waals surface area contributed by atoms with Gasteiger partial charge >= 0.3 is 0 Å². The van der Waals surface area contributed by atoms with E-state index >= 15 is 0 Å². The quantitative estimate of drug-likeness (QED) is 0.705. The lowest BCUT2D eigenvalue weighted by atomic mass is 9.96. The Morgan fingerprint density at radius 3 is 2.63 bits per heavy atom. The van der Waals surface area contributed by atoms with Crippen LogP contribution in [0.4, 0.5) is 4.39 Å². The number of nitrogens with one attached hydrogen (secondary N) is 2. The number of aromatic amines is 1. The molecular weight excluding hydrogens is 345 g/mol. The molecule has 1 heterocycles. The summed E-state index contributed by atoms with van der Waals surface area (Å²) >= 11 is 0. The van der Waals surface area contributed by atoms with E-state index in [2.05, 4.69) is 15.3 Å². The molecule has 3 aromatic rings. The molecule has 0 aliphatic heterocycles. The summed E-state index contributed by atoms with van der Waals surface area (Å²) in [7, 11) is 0. The lowest BCUT2D eigenvalue weighted by molar-refractivity contribution is -0.121. The first kappa shape index (κ1) is 17.4. The zero-order valence-electron chi connectivity index (χ0n) is 14.8. The third-order valence-electron chi connectivity index (χ3n) is 5.18. The van der Waals surface area contributed by atoms with Crippen LogP contribution in [0.3, 0.4) is 0 Å². The van der Waals surface area contributed by atoms with Crippen LogP contribution in [-0.2, 0) is 16.6 Å². The zero-order chi connectivity index (χ0) is 18.9. The van der Waals surface area contributed by atoms with E-state index < -0.39 is 0 Å². The van der Waals surface area contributed by atoms with E-state index in [4.69, 9.17) is 0 Å². The van der Waals surface area contributed by atoms with Gasteiger partial charge in [0.25, 0.3) is 5.56 Å². The number of halogens is 1. The normalized spacial score (nSPS) is 14.9. The average molecular weight is 365 g/mol. The highest BCUT2D eigenvalue weighted by Crippen LogP contribution is 2.47. The molecule has 0 atom stereocenters. The van der Waals surface area contributed by atoms with Crippen LogP contribution in [-0.4, -0.2) is 22.4 Å². The van der Waals surface area contributed by atoms with Crippen molar-refractivity contribution in [2.24, 2.45) is 0 Å². The van der Waals surface area contributed by atoms with E-state index in [0.29, 0.717) is 29.7 Å². The third kappa shape index (κ3) is 3.74. The summed E-state index contributed by atoms with van der Waals surface area (Å²) in [6.45, 7) is 0.541. The lowest BCUT2D eigenvalue weighted by Crippen LogP contribution is -2.32. The summed E-state index contributed by atoms with van der Waals surface area (Å²) < 4.78 is 13.1. The van der Waals surface area contributed by atoms with Gasteiger partial charge in [0.05, 0.1) is 10.9 Å². The number of carbonyl (C=O) groups is 1. The van der Waals surface area contributed by atoms with Crippen LogP contribution < -0.4 is 10.9 Å². The van der Waals surface area contributed by atoms with Crippen molar-refractivity contribution in [3.63, 3.8) is 0 Å². The summed E-state index contributed by atoms with van der Waals surface area (Å²) in [6, 6.07) is 13.6. The molecule has 1 aliphatic carbocycles. The summed E-state index contributed by atoms with van der Waals surface area (Å²) in [6.07, 6.45) is 2.59. The first-order valence-electron chi connectivity index (χ1n) is 9.06. The lowest BCUT2D eigenvalue weighted by Gasteiger charge is -2.16. The van der Waals surface area contributed by atoms with Crippen molar-refractivity contribution in [2.75, 3.05) is 6.54 Å². The van der Waals surface area contributed by atoms with Crippen LogP contribution in [0.1, 0.15) is 30.7 Å². The van der Waals surface area contributed by atoms with Gasteiger partial charge in [-0.1, -0.05) is 24.3 Å². The average Bonchev–Trinajstić information content (AvgIpc) is 3.46. The number of aromatic nitrogens is 2. The Morgan fingerprint density at radius 2 is 1.89 bits per heavy atom. The minimum Gasteiger partial charge on any atom is -0.355 e. The van der Waals surface area contributed by atoms with E-state index in [1.54, 1.807) is 30.3 Å². The van der Waals surface area contributed by atoms with Crippen molar-refractivity contribution >= 4 is 16.8 Å². The van der Waals surface area contributed by atoms with Crippen LogP contribution in [0.25, 0.3) is 10.9 Å². The number of para-hydroxylation sites is 1. The number of nitrogens with zero attached hydrogens (tertiary/aromatic N) is 1. The summed E-state index contributed by atoms with van der Waals surface area (Å²) in [5, 5.41) is 3.51. The second-order valence-corrected chi connectivity index (χ2v) is 7.09. The second kappa shape index (κ2) is 6.95. The molecule has 0 saturated heterocycles. The predicted octanol–water partition coefficient (Wildman–Crippen LogP) is 2.84. The van der Waals surface area contributed by atoms with Gasteiger partial charge in [-0.25, -0.2) is 9.37 Å². The van der Waals surface area contributed by atoms with Crippen LogP contribution in [0.2, 0.25) is 0 Å². The summed E-state index contributed by atoms with van der Waals surface area (Å²) in [5.74, 6) is 0.170. The Hall–Kier alpha value is -3.02. The molecule has 1 fully saturated rings. The Kier molecular flexibility index (Phi) is 4.48. The Balaban J connectivity index is 1.35. The van der Waals surface area contributed by atoms with Gasteiger partial charge in [-0.15, -0.1) is 0 Å². The predicted molar refractivity (Wildman–Crippen MR) is 101 cm³/mol. The van der Waals surface area contributed by atoms with Gasteiger partial charge in [-0.2, -0.15) is 0 Å². The molecule has 0 radical (unpaired) electrons. The van der Waals surface area contributed by atoms with Crippen molar-refractivity contribution in [1.29, 1.82) is 0 Å². The number of aryl methyl sites for hydroxylation is 1. The van der Waals surface area contributed by atoms with E-state index in [1.807, 2.05) is 6.07 Å². The monoisotopic (exact) mass is 365 g/mol. The summed E-state index contributed by atoms with van der Waals surface area (Å²) in [5.41, 5.74) is 1.43. The van der Waals surface area contributed by atoms with Gasteiger partial charge in [0.1, 0.15) is 11.6 Å². The van der Waals surface area contributed by atoms with E-state index in [-0.39, 0.29) is 29.1 Å². The fraction of sp³-hybridized carbons (Fsp3) is 0.286. The van der Waals surface area contributed by atoms with Crippen molar-refractivity contribution in [2.45, 2.75) is 31.1 Å². The molecule has 0 bridgehead atoms. The molecule has 138 valence electrons. The highest BCUT2D eigenvalue weighted by atomic mass is 19.1. The van der Waals surface area contributed by atoms with Gasteiger partial charge in [-0.05, 0) is 42.7 Å². The van der Waals surface area contributed by atoms with Gasteiger partial charge in [0, 0.05) is 24.8 Å². The minimum atomic E-state index is -0.254. The number of carbonyl (C=O) groups excluding carboxylic acids is 1. The SMILES string of the molecule is O=C(CCc1nc2ccccc2c(=O)[nH]1)NCC1(c2ccc(F)cc2)CC1. The molecule has 2 N–H and O–H groups in total. The number of fused-ring (bicyclic) bond motifs is 1. The highest BCUT2D eigenvalue weighted by Gasteiger charge is 2.44. The molecule has 1 aliphatic rings. The number of benzene rings is 2. The van der Waals surface area contributed by atoms with Gasteiger partial charge < -0.3 is 10.3 Å². The maximum atomic E-state index is 13.1. The van der Waals surface area contributed by atoms with Crippen LogP contribution in [0.5, 0.6) is 0 Å². The van der Waals surface area contributed by atoms with E-state index in [9.17, 15) is 14.0 Å². The topological polar surface area (TPSA) is 74.8 Å². The third-order valence-corrected chi connectivity index (χ3v) is 5.18. The molecule has 1 saturated carbocycles. The molecule has 2 aromatic carbocycles. The molecule has 5 nitrogen and oxygen atoms in total. The Labute approximate surface area is 155 Å². The zero-order valence-corrected chi connectivity index (χ0v) is 14.8. The smallest absolute Gasteiger partial charge is 0.258 e. The molecule has 0 unspecified atom stereocenters. The van der Waals surface area contributed by atoms with Gasteiger partial charge in [0.2, 0.25) is 5.91 Å². The van der Waals surface area contributed by atoms with Crippen molar-refractivity contribution in [3.8, 4) is 0 Å². The largest absolute Gasteiger partial charge is 0.355 e. The van der Waals surface area contributed by atoms with Gasteiger partial charge in [0.15, 0.2) is 0 Å². The first-order chi connectivity index (χ1) is 13.1.